The van der Waals surface area contributed by atoms with Gasteiger partial charge in [0.15, 0.2) is 0 Å². The molecule has 1 aromatic heterocycles. The fourth-order valence-electron chi connectivity index (χ4n) is 0.861. The van der Waals surface area contributed by atoms with E-state index in [2.05, 4.69) is 20.9 Å². The van der Waals surface area contributed by atoms with E-state index in [1.807, 2.05) is 0 Å². The zero-order valence-electron chi connectivity index (χ0n) is 6.81. The van der Waals surface area contributed by atoms with Crippen molar-refractivity contribution in [1.82, 2.24) is 4.98 Å². The van der Waals surface area contributed by atoms with Gasteiger partial charge in [-0.2, -0.15) is 0 Å². The van der Waals surface area contributed by atoms with Crippen LogP contribution < -0.4 is 0 Å². The summed E-state index contributed by atoms with van der Waals surface area (Å²) in [4.78, 5) is 23.9. The molecular weight excluding hydrogens is 256 g/mol. The van der Waals surface area contributed by atoms with Crippen molar-refractivity contribution >= 4 is 27.6 Å². The average Bonchev–Trinajstić information content (AvgIpc) is 2.07. The van der Waals surface area contributed by atoms with Gasteiger partial charge in [-0.05, 0) is 15.9 Å². The molecule has 1 rings (SSSR count). The lowest BCUT2D eigenvalue weighted by Gasteiger charge is -1.98. The van der Waals surface area contributed by atoms with Crippen molar-refractivity contribution in [3.05, 3.63) is 32.5 Å². The highest BCUT2D eigenvalue weighted by Crippen LogP contribution is 2.23. The average molecular weight is 261 g/mol. The predicted molar refractivity (Wildman–Crippen MR) is 49.9 cm³/mol. The Labute approximate surface area is 86.9 Å². The largest absolute Gasteiger partial charge is 0.481 e. The molecule has 7 heteroatoms. The number of aromatic nitrogens is 1. The lowest BCUT2D eigenvalue weighted by molar-refractivity contribution is -0.385. The predicted octanol–water partition coefficient (Wildman–Crippen LogP) is 1.38. The Morgan fingerprint density at radius 2 is 2.36 bits per heavy atom. The third-order valence-electron chi connectivity index (χ3n) is 1.42. The molecule has 0 aliphatic heterocycles. The first-order valence-corrected chi connectivity index (χ1v) is 4.30. The van der Waals surface area contributed by atoms with Crippen LogP contribution in [0.1, 0.15) is 5.69 Å². The summed E-state index contributed by atoms with van der Waals surface area (Å²) in [5.74, 6) is -1.07. The van der Waals surface area contributed by atoms with Crippen LogP contribution in [0.5, 0.6) is 0 Å². The molecule has 0 unspecified atom stereocenters. The fraction of sp³-hybridized carbons (Fsp3) is 0.143. The van der Waals surface area contributed by atoms with E-state index in [0.717, 1.165) is 6.07 Å². The van der Waals surface area contributed by atoms with Crippen LogP contribution in [0.4, 0.5) is 5.69 Å². The highest BCUT2D eigenvalue weighted by Gasteiger charge is 2.14. The number of carboxylic acid groups (broad SMARTS) is 1. The van der Waals surface area contributed by atoms with Gasteiger partial charge in [-0.1, -0.05) is 0 Å². The van der Waals surface area contributed by atoms with Gasteiger partial charge in [0.05, 0.1) is 17.0 Å². The second-order valence-corrected chi connectivity index (χ2v) is 3.31. The number of hydrogen-bond acceptors (Lipinski definition) is 4. The van der Waals surface area contributed by atoms with Crippen LogP contribution in [0.15, 0.2) is 16.7 Å². The van der Waals surface area contributed by atoms with Crippen LogP contribution in [0.2, 0.25) is 0 Å². The molecule has 14 heavy (non-hydrogen) atoms. The monoisotopic (exact) mass is 260 g/mol. The minimum Gasteiger partial charge on any atom is -0.481 e. The molecule has 0 saturated heterocycles. The van der Waals surface area contributed by atoms with Crippen molar-refractivity contribution in [2.75, 3.05) is 0 Å². The SMILES string of the molecule is O=C(O)Cc1cc([N+](=O)[O-])c(Br)cn1. The minimum atomic E-state index is -1.07. The van der Waals surface area contributed by atoms with Crippen LogP contribution >= 0.6 is 15.9 Å². The van der Waals surface area contributed by atoms with Crippen molar-refractivity contribution in [1.29, 1.82) is 0 Å². The lowest BCUT2D eigenvalue weighted by Crippen LogP contribution is -2.03. The topological polar surface area (TPSA) is 93.3 Å². The van der Waals surface area contributed by atoms with Gasteiger partial charge < -0.3 is 5.11 Å². The van der Waals surface area contributed by atoms with E-state index < -0.39 is 10.9 Å². The van der Waals surface area contributed by atoms with Crippen molar-refractivity contribution in [2.45, 2.75) is 6.42 Å². The first kappa shape index (κ1) is 10.6. The van der Waals surface area contributed by atoms with E-state index in [4.69, 9.17) is 5.11 Å². The Morgan fingerprint density at radius 1 is 1.71 bits per heavy atom. The molecule has 0 spiro atoms. The molecule has 0 atom stereocenters. The summed E-state index contributed by atoms with van der Waals surface area (Å²) >= 11 is 2.95. The number of carbonyl (C=O) groups is 1. The smallest absolute Gasteiger partial charge is 0.309 e. The van der Waals surface area contributed by atoms with Crippen LogP contribution in [0, 0.1) is 10.1 Å². The molecule has 0 aliphatic carbocycles. The Morgan fingerprint density at radius 3 is 2.86 bits per heavy atom. The highest BCUT2D eigenvalue weighted by atomic mass is 79.9. The maximum Gasteiger partial charge on any atom is 0.309 e. The summed E-state index contributed by atoms with van der Waals surface area (Å²) in [5, 5.41) is 18.9. The number of carboxylic acids is 1. The molecule has 0 radical (unpaired) electrons. The molecule has 0 amide bonds. The number of rotatable bonds is 3. The summed E-state index contributed by atoms with van der Waals surface area (Å²) in [6.45, 7) is 0. The normalized spacial score (nSPS) is 9.79. The van der Waals surface area contributed by atoms with E-state index in [1.54, 1.807) is 0 Å². The second kappa shape index (κ2) is 4.14. The molecule has 1 heterocycles. The maximum atomic E-state index is 10.5. The summed E-state index contributed by atoms with van der Waals surface area (Å²) in [6.07, 6.45) is 0.893. The van der Waals surface area contributed by atoms with Crippen LogP contribution in [0.3, 0.4) is 0 Å². The quantitative estimate of drug-likeness (QED) is 0.655. The number of aliphatic carboxylic acids is 1. The van der Waals surface area contributed by atoms with E-state index >= 15 is 0 Å². The van der Waals surface area contributed by atoms with Crippen molar-refractivity contribution in [3.63, 3.8) is 0 Å². The minimum absolute atomic E-state index is 0.160. The van der Waals surface area contributed by atoms with Crippen LogP contribution in [0.25, 0.3) is 0 Å². The molecule has 1 aromatic rings. The molecule has 6 nitrogen and oxygen atoms in total. The zero-order valence-corrected chi connectivity index (χ0v) is 8.39. The fourth-order valence-corrected chi connectivity index (χ4v) is 1.22. The highest BCUT2D eigenvalue weighted by molar-refractivity contribution is 9.10. The van der Waals surface area contributed by atoms with Gasteiger partial charge in [0.2, 0.25) is 0 Å². The van der Waals surface area contributed by atoms with Gasteiger partial charge in [-0.25, -0.2) is 0 Å². The van der Waals surface area contributed by atoms with Gasteiger partial charge in [-0.15, -0.1) is 0 Å². The van der Waals surface area contributed by atoms with Crippen molar-refractivity contribution < 1.29 is 14.8 Å². The Kier molecular flexibility index (Phi) is 3.13. The number of halogens is 1. The summed E-state index contributed by atoms with van der Waals surface area (Å²) < 4.78 is 0.233. The van der Waals surface area contributed by atoms with Gasteiger partial charge >= 0.3 is 5.97 Å². The van der Waals surface area contributed by atoms with Gasteiger partial charge in [0.25, 0.3) is 5.69 Å². The lowest BCUT2D eigenvalue weighted by atomic mass is 10.2. The Bertz CT molecular complexity index is 393. The molecule has 0 fully saturated rings. The summed E-state index contributed by atoms with van der Waals surface area (Å²) in [7, 11) is 0. The third kappa shape index (κ3) is 2.49. The van der Waals surface area contributed by atoms with E-state index in [0.29, 0.717) is 0 Å². The molecule has 0 aliphatic rings. The van der Waals surface area contributed by atoms with E-state index in [-0.39, 0.29) is 22.3 Å². The van der Waals surface area contributed by atoms with Crippen LogP contribution in [-0.4, -0.2) is 21.0 Å². The Hall–Kier alpha value is -1.50. The number of nitro groups is 1. The van der Waals surface area contributed by atoms with Gasteiger partial charge in [0.1, 0.15) is 4.47 Å². The van der Waals surface area contributed by atoms with Crippen molar-refractivity contribution in [3.8, 4) is 0 Å². The Balaban J connectivity index is 3.06. The zero-order chi connectivity index (χ0) is 10.7. The van der Waals surface area contributed by atoms with Gasteiger partial charge in [-0.3, -0.25) is 19.9 Å². The first-order valence-electron chi connectivity index (χ1n) is 3.51. The second-order valence-electron chi connectivity index (χ2n) is 2.45. The first-order chi connectivity index (χ1) is 6.50. The van der Waals surface area contributed by atoms with Gasteiger partial charge in [0, 0.05) is 12.3 Å². The van der Waals surface area contributed by atoms with Crippen LogP contribution in [-0.2, 0) is 11.2 Å². The summed E-state index contributed by atoms with van der Waals surface area (Å²) in [6, 6.07) is 1.14. The number of nitrogens with zero attached hydrogens (tertiary/aromatic N) is 2. The third-order valence-corrected chi connectivity index (χ3v) is 2.03. The maximum absolute atomic E-state index is 10.5. The molecular formula is C7H5BrN2O4. The van der Waals surface area contributed by atoms with E-state index in [9.17, 15) is 14.9 Å². The number of hydrogen-bond donors (Lipinski definition) is 1. The number of pyridine rings is 1. The molecule has 0 saturated carbocycles. The molecule has 0 aromatic carbocycles. The molecule has 74 valence electrons. The van der Waals surface area contributed by atoms with E-state index in [1.165, 1.54) is 6.20 Å². The summed E-state index contributed by atoms with van der Waals surface area (Å²) in [5.41, 5.74) is -0.0244. The standard InChI is InChI=1S/C7H5BrN2O4/c8-5-3-9-4(2-7(11)12)1-6(5)10(13)14/h1,3H,2H2,(H,11,12). The van der Waals surface area contributed by atoms with Crippen molar-refractivity contribution in [2.24, 2.45) is 0 Å². The molecule has 1 N–H and O–H groups in total. The molecule has 0 bridgehead atoms.